The van der Waals surface area contributed by atoms with Crippen molar-refractivity contribution in [3.63, 3.8) is 0 Å². The monoisotopic (exact) mass is 361 g/mol. The molecule has 7 heteroatoms. The van der Waals surface area contributed by atoms with Crippen LogP contribution in [0.2, 0.25) is 0 Å². The molecule has 3 rings (SSSR count). The quantitative estimate of drug-likeness (QED) is 0.857. The molecule has 1 aliphatic carbocycles. The van der Waals surface area contributed by atoms with Crippen LogP contribution in [0.4, 0.5) is 5.69 Å². The SMILES string of the molecule is COc1cc(OC)cc(N2CCC(N(C)C(=O)C3CCC(N)C3)C2=O)c1. The summed E-state index contributed by atoms with van der Waals surface area (Å²) in [7, 11) is 4.88. The lowest BCUT2D eigenvalue weighted by molar-refractivity contribution is -0.140. The summed E-state index contributed by atoms with van der Waals surface area (Å²) in [6, 6.07) is 5.04. The second-order valence-corrected chi connectivity index (χ2v) is 7.08. The number of nitrogens with two attached hydrogens (primary N) is 1. The number of hydrogen-bond acceptors (Lipinski definition) is 5. The van der Waals surface area contributed by atoms with Gasteiger partial charge in [-0.05, 0) is 25.7 Å². The van der Waals surface area contributed by atoms with Crippen LogP contribution in [0.25, 0.3) is 0 Å². The number of anilines is 1. The van der Waals surface area contributed by atoms with Crippen LogP contribution < -0.4 is 20.1 Å². The van der Waals surface area contributed by atoms with Crippen LogP contribution in [0.5, 0.6) is 11.5 Å². The number of carbonyl (C=O) groups excluding carboxylic acids is 2. The van der Waals surface area contributed by atoms with Gasteiger partial charge >= 0.3 is 0 Å². The summed E-state index contributed by atoms with van der Waals surface area (Å²) in [5, 5.41) is 0. The Hall–Kier alpha value is -2.28. The number of carbonyl (C=O) groups is 2. The molecule has 2 N–H and O–H groups in total. The molecule has 1 saturated carbocycles. The molecule has 0 spiro atoms. The van der Waals surface area contributed by atoms with Crippen molar-refractivity contribution in [1.82, 2.24) is 4.90 Å². The van der Waals surface area contributed by atoms with Gasteiger partial charge in [-0.3, -0.25) is 9.59 Å². The summed E-state index contributed by atoms with van der Waals surface area (Å²) >= 11 is 0. The summed E-state index contributed by atoms with van der Waals surface area (Å²) in [6.45, 7) is 0.557. The molecular weight excluding hydrogens is 334 g/mol. The van der Waals surface area contributed by atoms with Crippen LogP contribution in [0.15, 0.2) is 18.2 Å². The molecule has 1 saturated heterocycles. The highest BCUT2D eigenvalue weighted by Gasteiger charge is 2.40. The lowest BCUT2D eigenvalue weighted by Crippen LogP contribution is -2.45. The third kappa shape index (κ3) is 3.49. The molecule has 0 aromatic heterocycles. The fraction of sp³-hybridized carbons (Fsp3) is 0.579. The molecule has 0 bridgehead atoms. The van der Waals surface area contributed by atoms with E-state index in [1.54, 1.807) is 49.3 Å². The first-order chi connectivity index (χ1) is 12.4. The fourth-order valence-corrected chi connectivity index (χ4v) is 3.91. The fourth-order valence-electron chi connectivity index (χ4n) is 3.91. The maximum Gasteiger partial charge on any atom is 0.249 e. The number of benzene rings is 1. The van der Waals surface area contributed by atoms with E-state index < -0.39 is 6.04 Å². The second kappa shape index (κ2) is 7.53. The Labute approximate surface area is 154 Å². The molecule has 2 amide bonds. The van der Waals surface area contributed by atoms with Gasteiger partial charge < -0.3 is 25.0 Å². The van der Waals surface area contributed by atoms with Crippen LogP contribution in [-0.4, -0.2) is 56.6 Å². The lowest BCUT2D eigenvalue weighted by Gasteiger charge is -2.26. The Morgan fingerprint density at radius 3 is 2.35 bits per heavy atom. The average Bonchev–Trinajstić information content (AvgIpc) is 3.25. The number of likely N-dealkylation sites (N-methyl/N-ethyl adjacent to an activating group) is 1. The highest BCUT2D eigenvalue weighted by atomic mass is 16.5. The maximum atomic E-state index is 13.0. The van der Waals surface area contributed by atoms with Crippen molar-refractivity contribution in [2.75, 3.05) is 32.7 Å². The summed E-state index contributed by atoms with van der Waals surface area (Å²) in [5.74, 6) is 1.15. The molecule has 3 unspecified atom stereocenters. The molecule has 3 atom stereocenters. The molecular formula is C19H27N3O4. The molecule has 1 aromatic carbocycles. The van der Waals surface area contributed by atoms with Crippen molar-refractivity contribution in [3.8, 4) is 11.5 Å². The van der Waals surface area contributed by atoms with Crippen molar-refractivity contribution < 1.29 is 19.1 Å². The summed E-state index contributed by atoms with van der Waals surface area (Å²) in [6.07, 6.45) is 3.00. The van der Waals surface area contributed by atoms with Gasteiger partial charge in [-0.2, -0.15) is 0 Å². The van der Waals surface area contributed by atoms with E-state index in [0.29, 0.717) is 30.9 Å². The predicted octanol–water partition coefficient (Wildman–Crippen LogP) is 1.39. The third-order valence-corrected chi connectivity index (χ3v) is 5.46. The smallest absolute Gasteiger partial charge is 0.249 e. The number of nitrogens with zero attached hydrogens (tertiary/aromatic N) is 2. The van der Waals surface area contributed by atoms with E-state index in [2.05, 4.69) is 0 Å². The highest BCUT2D eigenvalue weighted by Crippen LogP contribution is 2.33. The second-order valence-electron chi connectivity index (χ2n) is 7.08. The summed E-state index contributed by atoms with van der Waals surface area (Å²) < 4.78 is 10.6. The molecule has 26 heavy (non-hydrogen) atoms. The zero-order chi connectivity index (χ0) is 18.8. The van der Waals surface area contributed by atoms with Crippen molar-refractivity contribution in [3.05, 3.63) is 18.2 Å². The molecule has 1 aromatic rings. The van der Waals surface area contributed by atoms with Gasteiger partial charge in [0.2, 0.25) is 11.8 Å². The van der Waals surface area contributed by atoms with Crippen molar-refractivity contribution in [1.29, 1.82) is 0 Å². The van der Waals surface area contributed by atoms with Gasteiger partial charge in [0, 0.05) is 43.8 Å². The van der Waals surface area contributed by atoms with Gasteiger partial charge in [0.25, 0.3) is 0 Å². The molecule has 0 radical (unpaired) electrons. The number of hydrogen-bond donors (Lipinski definition) is 1. The zero-order valence-electron chi connectivity index (χ0n) is 15.6. The number of methoxy groups -OCH3 is 2. The number of ether oxygens (including phenoxy) is 2. The van der Waals surface area contributed by atoms with E-state index in [-0.39, 0.29) is 23.8 Å². The van der Waals surface area contributed by atoms with E-state index in [1.165, 1.54) is 0 Å². The van der Waals surface area contributed by atoms with Crippen LogP contribution in [0.1, 0.15) is 25.7 Å². The molecule has 142 valence electrons. The number of amides is 2. The minimum absolute atomic E-state index is 0.0290. The molecule has 1 aliphatic heterocycles. The minimum atomic E-state index is -0.434. The third-order valence-electron chi connectivity index (χ3n) is 5.46. The summed E-state index contributed by atoms with van der Waals surface area (Å²) in [4.78, 5) is 29.0. The van der Waals surface area contributed by atoms with E-state index in [9.17, 15) is 9.59 Å². The van der Waals surface area contributed by atoms with E-state index >= 15 is 0 Å². The van der Waals surface area contributed by atoms with Crippen molar-refractivity contribution in [2.45, 2.75) is 37.8 Å². The topological polar surface area (TPSA) is 85.1 Å². The van der Waals surface area contributed by atoms with Crippen LogP contribution in [-0.2, 0) is 9.59 Å². The Morgan fingerprint density at radius 2 is 1.81 bits per heavy atom. The molecule has 1 heterocycles. The van der Waals surface area contributed by atoms with Gasteiger partial charge in [-0.25, -0.2) is 0 Å². The van der Waals surface area contributed by atoms with E-state index in [1.807, 2.05) is 0 Å². The molecule has 2 aliphatic rings. The van der Waals surface area contributed by atoms with Gasteiger partial charge in [0.05, 0.1) is 19.9 Å². The first-order valence-electron chi connectivity index (χ1n) is 9.01. The lowest BCUT2D eigenvalue weighted by atomic mass is 10.0. The Bertz CT molecular complexity index is 671. The Kier molecular flexibility index (Phi) is 5.36. The largest absolute Gasteiger partial charge is 0.497 e. The Balaban J connectivity index is 1.74. The van der Waals surface area contributed by atoms with Gasteiger partial charge in [0.1, 0.15) is 17.5 Å². The average molecular weight is 361 g/mol. The predicted molar refractivity (Wildman–Crippen MR) is 98.4 cm³/mol. The van der Waals surface area contributed by atoms with Gasteiger partial charge in [0.15, 0.2) is 0 Å². The van der Waals surface area contributed by atoms with Gasteiger partial charge in [-0.1, -0.05) is 0 Å². The van der Waals surface area contributed by atoms with Crippen molar-refractivity contribution in [2.24, 2.45) is 11.7 Å². The summed E-state index contributed by atoms with van der Waals surface area (Å²) in [5.41, 5.74) is 6.65. The normalized spacial score (nSPS) is 25.5. The Morgan fingerprint density at radius 1 is 1.15 bits per heavy atom. The highest BCUT2D eigenvalue weighted by molar-refractivity contribution is 6.01. The molecule has 7 nitrogen and oxygen atoms in total. The first-order valence-corrected chi connectivity index (χ1v) is 9.01. The number of rotatable bonds is 5. The zero-order valence-corrected chi connectivity index (χ0v) is 15.6. The van der Waals surface area contributed by atoms with Crippen LogP contribution in [0.3, 0.4) is 0 Å². The van der Waals surface area contributed by atoms with E-state index in [0.717, 1.165) is 18.5 Å². The minimum Gasteiger partial charge on any atom is -0.497 e. The first kappa shape index (κ1) is 18.5. The van der Waals surface area contributed by atoms with Crippen LogP contribution in [0, 0.1) is 5.92 Å². The standard InChI is InChI=1S/C19H27N3O4/c1-21(18(23)12-4-5-13(20)8-12)17-6-7-22(19(17)24)14-9-15(25-2)11-16(10-14)26-3/h9-13,17H,4-8,20H2,1-3H3. The van der Waals surface area contributed by atoms with Gasteiger partial charge in [-0.15, -0.1) is 0 Å². The molecule has 2 fully saturated rings. The van der Waals surface area contributed by atoms with Crippen LogP contribution >= 0.6 is 0 Å². The maximum absolute atomic E-state index is 13.0. The van der Waals surface area contributed by atoms with E-state index in [4.69, 9.17) is 15.2 Å². The van der Waals surface area contributed by atoms with Crippen molar-refractivity contribution >= 4 is 17.5 Å².